The number of hydrogen-bond donors (Lipinski definition) is 1. The van der Waals surface area contributed by atoms with Gasteiger partial charge in [-0.1, -0.05) is 29.5 Å². The minimum atomic E-state index is -0.300. The Morgan fingerprint density at radius 3 is 2.47 bits per heavy atom. The number of carbonyl (C=O) groups excluding carboxylic acids is 1. The summed E-state index contributed by atoms with van der Waals surface area (Å²) in [6.07, 6.45) is 0. The maximum Gasteiger partial charge on any atom is 0.347 e. The summed E-state index contributed by atoms with van der Waals surface area (Å²) in [5, 5.41) is 3.68. The number of thioether (sulfide) groups is 1. The average Bonchev–Trinajstić information content (AvgIpc) is 2.69. The Balaban J connectivity index is 2.16. The second kappa shape index (κ2) is 5.65. The first kappa shape index (κ1) is 13.9. The van der Waals surface area contributed by atoms with Gasteiger partial charge in [-0.15, -0.1) is 0 Å². The first-order valence-corrected chi connectivity index (χ1v) is 7.27. The Kier molecular flexibility index (Phi) is 4.14. The molecule has 1 aliphatic rings. The van der Waals surface area contributed by atoms with Crippen LogP contribution in [0.3, 0.4) is 0 Å². The molecule has 1 saturated heterocycles. The van der Waals surface area contributed by atoms with E-state index in [1.165, 1.54) is 5.56 Å². The van der Waals surface area contributed by atoms with Gasteiger partial charge in [-0.25, -0.2) is 4.79 Å². The summed E-state index contributed by atoms with van der Waals surface area (Å²) < 4.78 is 0. The van der Waals surface area contributed by atoms with Crippen molar-refractivity contribution in [2.75, 3.05) is 24.7 Å². The van der Waals surface area contributed by atoms with E-state index in [0.29, 0.717) is 0 Å². The SMILES string of the molecule is Cc1cc(C)c(NC(=O)/N=C2/SCCN2C)c(C)c1. The summed E-state index contributed by atoms with van der Waals surface area (Å²) in [6, 6.07) is 3.82. The van der Waals surface area contributed by atoms with Crippen LogP contribution in [0.5, 0.6) is 0 Å². The van der Waals surface area contributed by atoms with Crippen LogP contribution in [0.2, 0.25) is 0 Å². The lowest BCUT2D eigenvalue weighted by Gasteiger charge is -2.12. The molecule has 0 saturated carbocycles. The van der Waals surface area contributed by atoms with E-state index in [4.69, 9.17) is 0 Å². The zero-order valence-corrected chi connectivity index (χ0v) is 12.6. The van der Waals surface area contributed by atoms with Crippen molar-refractivity contribution >= 4 is 28.6 Å². The van der Waals surface area contributed by atoms with Gasteiger partial charge in [0.1, 0.15) is 0 Å². The first-order valence-electron chi connectivity index (χ1n) is 6.29. The van der Waals surface area contributed by atoms with Gasteiger partial charge in [0.2, 0.25) is 0 Å². The van der Waals surface area contributed by atoms with Gasteiger partial charge >= 0.3 is 6.03 Å². The number of aryl methyl sites for hydroxylation is 3. The molecule has 0 bridgehead atoms. The van der Waals surface area contributed by atoms with Crippen molar-refractivity contribution in [1.82, 2.24) is 4.90 Å². The van der Waals surface area contributed by atoms with Crippen LogP contribution < -0.4 is 5.32 Å². The molecule has 1 aliphatic heterocycles. The number of aliphatic imine (C=N–C) groups is 1. The highest BCUT2D eigenvalue weighted by Crippen LogP contribution is 2.22. The Bertz CT molecular complexity index is 516. The number of anilines is 1. The van der Waals surface area contributed by atoms with Gasteiger partial charge in [-0.2, -0.15) is 4.99 Å². The third-order valence-electron chi connectivity index (χ3n) is 3.09. The molecule has 1 heterocycles. The fourth-order valence-electron chi connectivity index (χ4n) is 2.20. The molecule has 1 aromatic carbocycles. The highest BCUT2D eigenvalue weighted by molar-refractivity contribution is 8.14. The van der Waals surface area contributed by atoms with Crippen LogP contribution >= 0.6 is 11.8 Å². The lowest BCUT2D eigenvalue weighted by molar-refractivity contribution is 0.259. The van der Waals surface area contributed by atoms with Crippen LogP contribution in [0.4, 0.5) is 10.5 Å². The van der Waals surface area contributed by atoms with E-state index in [2.05, 4.69) is 29.4 Å². The van der Waals surface area contributed by atoms with E-state index in [1.54, 1.807) is 11.8 Å². The molecule has 0 atom stereocenters. The fraction of sp³-hybridized carbons (Fsp3) is 0.429. The summed E-state index contributed by atoms with van der Waals surface area (Å²) in [5.41, 5.74) is 4.20. The molecule has 1 N–H and O–H groups in total. The zero-order chi connectivity index (χ0) is 14.0. The molecule has 2 amide bonds. The summed E-state index contributed by atoms with van der Waals surface area (Å²) >= 11 is 1.62. The van der Waals surface area contributed by atoms with Crippen LogP contribution in [-0.4, -0.2) is 35.4 Å². The second-order valence-electron chi connectivity index (χ2n) is 4.87. The summed E-state index contributed by atoms with van der Waals surface area (Å²) in [5.74, 6) is 0.991. The van der Waals surface area contributed by atoms with Gasteiger partial charge in [0, 0.05) is 25.0 Å². The van der Waals surface area contributed by atoms with Gasteiger partial charge in [0.25, 0.3) is 0 Å². The van der Waals surface area contributed by atoms with Crippen molar-refractivity contribution in [3.05, 3.63) is 28.8 Å². The quantitative estimate of drug-likeness (QED) is 0.857. The number of rotatable bonds is 1. The summed E-state index contributed by atoms with van der Waals surface area (Å²) in [7, 11) is 1.95. The molecule has 0 aromatic heterocycles. The van der Waals surface area contributed by atoms with E-state index >= 15 is 0 Å². The van der Waals surface area contributed by atoms with Crippen LogP contribution in [0.25, 0.3) is 0 Å². The van der Waals surface area contributed by atoms with Gasteiger partial charge in [0.05, 0.1) is 0 Å². The molecule has 0 aliphatic carbocycles. The van der Waals surface area contributed by atoms with E-state index in [-0.39, 0.29) is 6.03 Å². The molecule has 4 nitrogen and oxygen atoms in total. The molecule has 1 fully saturated rings. The summed E-state index contributed by atoms with van der Waals surface area (Å²) in [6.45, 7) is 6.99. The average molecular weight is 277 g/mol. The normalized spacial score (nSPS) is 17.1. The van der Waals surface area contributed by atoms with E-state index in [0.717, 1.165) is 34.3 Å². The maximum atomic E-state index is 12.0. The van der Waals surface area contributed by atoms with Crippen molar-refractivity contribution in [1.29, 1.82) is 0 Å². The highest BCUT2D eigenvalue weighted by Gasteiger charge is 2.17. The third kappa shape index (κ3) is 3.29. The van der Waals surface area contributed by atoms with Crippen molar-refractivity contribution in [2.45, 2.75) is 20.8 Å². The van der Waals surface area contributed by atoms with Crippen LogP contribution in [0, 0.1) is 20.8 Å². The van der Waals surface area contributed by atoms with Crippen molar-refractivity contribution < 1.29 is 4.79 Å². The van der Waals surface area contributed by atoms with E-state index in [1.807, 2.05) is 25.8 Å². The smallest absolute Gasteiger partial charge is 0.347 e. The molecular weight excluding hydrogens is 258 g/mol. The van der Waals surface area contributed by atoms with Gasteiger partial charge < -0.3 is 10.2 Å². The predicted octanol–water partition coefficient (Wildman–Crippen LogP) is 3.18. The molecule has 2 rings (SSSR count). The number of urea groups is 1. The monoisotopic (exact) mass is 277 g/mol. The Morgan fingerprint density at radius 2 is 1.95 bits per heavy atom. The number of amidine groups is 1. The van der Waals surface area contributed by atoms with Crippen LogP contribution in [0.15, 0.2) is 17.1 Å². The molecule has 0 spiro atoms. The molecule has 0 radical (unpaired) electrons. The zero-order valence-electron chi connectivity index (χ0n) is 11.8. The van der Waals surface area contributed by atoms with Crippen molar-refractivity contribution in [3.63, 3.8) is 0 Å². The standard InChI is InChI=1S/C14H19N3OS/c1-9-7-10(2)12(11(3)8-9)15-13(18)16-14-17(4)5-6-19-14/h7-8H,5-6H2,1-4H3,(H,15,18)/b16-14+. The van der Waals surface area contributed by atoms with Crippen LogP contribution in [0.1, 0.15) is 16.7 Å². The topological polar surface area (TPSA) is 44.7 Å². The number of carbonyl (C=O) groups is 1. The van der Waals surface area contributed by atoms with Gasteiger partial charge in [0.15, 0.2) is 5.17 Å². The molecule has 102 valence electrons. The number of nitrogens with one attached hydrogen (secondary N) is 1. The molecular formula is C14H19N3OS. The Labute approximate surface area is 118 Å². The molecule has 5 heteroatoms. The Hall–Kier alpha value is -1.49. The van der Waals surface area contributed by atoms with Gasteiger partial charge in [-0.3, -0.25) is 0 Å². The number of benzene rings is 1. The minimum Gasteiger partial charge on any atom is -0.353 e. The lowest BCUT2D eigenvalue weighted by Crippen LogP contribution is -2.21. The summed E-state index contributed by atoms with van der Waals surface area (Å²) in [4.78, 5) is 18.1. The second-order valence-corrected chi connectivity index (χ2v) is 5.93. The number of hydrogen-bond acceptors (Lipinski definition) is 2. The molecule has 19 heavy (non-hydrogen) atoms. The maximum absolute atomic E-state index is 12.0. The van der Waals surface area contributed by atoms with Crippen molar-refractivity contribution in [2.24, 2.45) is 4.99 Å². The lowest BCUT2D eigenvalue weighted by atomic mass is 10.1. The predicted molar refractivity (Wildman–Crippen MR) is 82.2 cm³/mol. The Morgan fingerprint density at radius 1 is 1.32 bits per heavy atom. The third-order valence-corrected chi connectivity index (χ3v) is 4.14. The van der Waals surface area contributed by atoms with E-state index in [9.17, 15) is 4.79 Å². The molecule has 0 unspecified atom stereocenters. The molecule has 1 aromatic rings. The number of amides is 2. The van der Waals surface area contributed by atoms with E-state index < -0.39 is 0 Å². The number of nitrogens with zero attached hydrogens (tertiary/aromatic N) is 2. The first-order chi connectivity index (χ1) is 8.97. The van der Waals surface area contributed by atoms with Gasteiger partial charge in [-0.05, 0) is 31.9 Å². The van der Waals surface area contributed by atoms with Crippen molar-refractivity contribution in [3.8, 4) is 0 Å². The highest BCUT2D eigenvalue weighted by atomic mass is 32.2. The van der Waals surface area contributed by atoms with Crippen LogP contribution in [-0.2, 0) is 0 Å². The largest absolute Gasteiger partial charge is 0.353 e. The minimum absolute atomic E-state index is 0.300. The fourth-order valence-corrected chi connectivity index (χ4v) is 3.20.